The first-order valence-corrected chi connectivity index (χ1v) is 4.84. The second-order valence-electron chi connectivity index (χ2n) is 4.26. The molecule has 0 N–H and O–H groups in total. The van der Waals surface area contributed by atoms with E-state index in [4.69, 9.17) is 0 Å². The molecule has 1 heterocycles. The SMILES string of the molecule is FC(F)(F)CN1C[C@H]2CCC[C@H]2C1. The molecule has 1 saturated carbocycles. The molecule has 0 unspecified atom stereocenters. The first-order valence-electron chi connectivity index (χ1n) is 4.84. The molecule has 4 heteroatoms. The molecular weight excluding hydrogens is 179 g/mol. The number of likely N-dealkylation sites (tertiary alicyclic amines) is 1. The molecule has 1 aliphatic carbocycles. The second kappa shape index (κ2) is 3.15. The van der Waals surface area contributed by atoms with E-state index in [1.165, 1.54) is 6.42 Å². The van der Waals surface area contributed by atoms with Crippen LogP contribution in [0.25, 0.3) is 0 Å². The Balaban J connectivity index is 1.85. The number of hydrogen-bond acceptors (Lipinski definition) is 1. The number of rotatable bonds is 1. The Morgan fingerprint density at radius 2 is 1.62 bits per heavy atom. The van der Waals surface area contributed by atoms with Crippen LogP contribution >= 0.6 is 0 Å². The van der Waals surface area contributed by atoms with Crippen molar-refractivity contribution < 1.29 is 13.2 Å². The third-order valence-electron chi connectivity index (χ3n) is 3.20. The molecule has 2 aliphatic rings. The van der Waals surface area contributed by atoms with Gasteiger partial charge in [-0.15, -0.1) is 0 Å². The van der Waals surface area contributed by atoms with Gasteiger partial charge in [-0.25, -0.2) is 0 Å². The van der Waals surface area contributed by atoms with Crippen LogP contribution < -0.4 is 0 Å². The van der Waals surface area contributed by atoms with Gasteiger partial charge in [-0.05, 0) is 24.7 Å². The number of fused-ring (bicyclic) bond motifs is 1. The average molecular weight is 193 g/mol. The van der Waals surface area contributed by atoms with E-state index in [0.717, 1.165) is 12.8 Å². The Labute approximate surface area is 75.9 Å². The van der Waals surface area contributed by atoms with Crippen molar-refractivity contribution in [2.24, 2.45) is 11.8 Å². The van der Waals surface area contributed by atoms with Crippen molar-refractivity contribution >= 4 is 0 Å². The lowest BCUT2D eigenvalue weighted by molar-refractivity contribution is -0.144. The highest BCUT2D eigenvalue weighted by molar-refractivity contribution is 4.88. The van der Waals surface area contributed by atoms with Gasteiger partial charge < -0.3 is 0 Å². The van der Waals surface area contributed by atoms with Gasteiger partial charge in [-0.3, -0.25) is 4.90 Å². The summed E-state index contributed by atoms with van der Waals surface area (Å²) in [7, 11) is 0. The van der Waals surface area contributed by atoms with E-state index in [2.05, 4.69) is 0 Å². The van der Waals surface area contributed by atoms with Crippen LogP contribution in [0.1, 0.15) is 19.3 Å². The Bertz CT molecular complexity index is 178. The van der Waals surface area contributed by atoms with E-state index in [1.807, 2.05) is 0 Å². The molecule has 2 fully saturated rings. The van der Waals surface area contributed by atoms with Gasteiger partial charge in [0.25, 0.3) is 0 Å². The maximum atomic E-state index is 12.0. The van der Waals surface area contributed by atoms with E-state index in [0.29, 0.717) is 24.9 Å². The van der Waals surface area contributed by atoms with Crippen LogP contribution in [-0.4, -0.2) is 30.7 Å². The van der Waals surface area contributed by atoms with Gasteiger partial charge in [0.2, 0.25) is 0 Å². The molecule has 1 nitrogen and oxygen atoms in total. The standard InChI is InChI=1S/C9H14F3N/c10-9(11,12)6-13-4-7-2-1-3-8(7)5-13/h7-8H,1-6H2/t7-,8+. The second-order valence-corrected chi connectivity index (χ2v) is 4.26. The molecule has 1 saturated heterocycles. The molecule has 0 bridgehead atoms. The fourth-order valence-corrected chi connectivity index (χ4v) is 2.71. The lowest BCUT2D eigenvalue weighted by atomic mass is 10.0. The number of halogens is 3. The normalized spacial score (nSPS) is 35.3. The minimum atomic E-state index is -4.02. The van der Waals surface area contributed by atoms with Gasteiger partial charge in [-0.2, -0.15) is 13.2 Å². The van der Waals surface area contributed by atoms with Crippen LogP contribution in [0.3, 0.4) is 0 Å². The number of alkyl halides is 3. The summed E-state index contributed by atoms with van der Waals surface area (Å²) >= 11 is 0. The van der Waals surface area contributed by atoms with Gasteiger partial charge in [0.1, 0.15) is 0 Å². The summed E-state index contributed by atoms with van der Waals surface area (Å²) in [6, 6.07) is 0. The zero-order valence-electron chi connectivity index (χ0n) is 7.48. The molecule has 0 aromatic rings. The third kappa shape index (κ3) is 2.16. The Hall–Kier alpha value is -0.250. The van der Waals surface area contributed by atoms with E-state index in [9.17, 15) is 13.2 Å². The Kier molecular flexibility index (Phi) is 2.26. The lowest BCUT2D eigenvalue weighted by Gasteiger charge is -2.18. The summed E-state index contributed by atoms with van der Waals surface area (Å²) in [6.07, 6.45) is -0.522. The molecule has 0 aromatic carbocycles. The van der Waals surface area contributed by atoms with Crippen molar-refractivity contribution in [1.29, 1.82) is 0 Å². The predicted octanol–water partition coefficient (Wildman–Crippen LogP) is 2.28. The molecule has 13 heavy (non-hydrogen) atoms. The fourth-order valence-electron chi connectivity index (χ4n) is 2.71. The van der Waals surface area contributed by atoms with Crippen molar-refractivity contribution in [2.75, 3.05) is 19.6 Å². The van der Waals surface area contributed by atoms with Gasteiger partial charge in [0, 0.05) is 13.1 Å². The molecule has 0 aromatic heterocycles. The van der Waals surface area contributed by atoms with Gasteiger partial charge in [-0.1, -0.05) is 6.42 Å². The largest absolute Gasteiger partial charge is 0.401 e. The van der Waals surface area contributed by atoms with Crippen LogP contribution in [0, 0.1) is 11.8 Å². The molecule has 0 radical (unpaired) electrons. The topological polar surface area (TPSA) is 3.24 Å². The molecule has 0 amide bonds. The van der Waals surface area contributed by atoms with E-state index in [1.54, 1.807) is 4.90 Å². The quantitative estimate of drug-likeness (QED) is 0.617. The average Bonchev–Trinajstić information content (AvgIpc) is 2.40. The van der Waals surface area contributed by atoms with Crippen molar-refractivity contribution in [3.8, 4) is 0 Å². The van der Waals surface area contributed by atoms with E-state index >= 15 is 0 Å². The van der Waals surface area contributed by atoms with Crippen LogP contribution in [0.15, 0.2) is 0 Å². The minimum Gasteiger partial charge on any atom is -0.294 e. The minimum absolute atomic E-state index is 0.558. The van der Waals surface area contributed by atoms with Gasteiger partial charge >= 0.3 is 6.18 Å². The summed E-state index contributed by atoms with van der Waals surface area (Å²) < 4.78 is 36.1. The molecule has 1 aliphatic heterocycles. The number of nitrogens with zero attached hydrogens (tertiary/aromatic N) is 1. The van der Waals surface area contributed by atoms with E-state index in [-0.39, 0.29) is 0 Å². The first-order chi connectivity index (χ1) is 6.04. The lowest BCUT2D eigenvalue weighted by Crippen LogP contribution is -2.33. The Morgan fingerprint density at radius 1 is 1.08 bits per heavy atom. The van der Waals surface area contributed by atoms with Crippen molar-refractivity contribution in [2.45, 2.75) is 25.4 Å². The highest BCUT2D eigenvalue weighted by atomic mass is 19.4. The molecule has 76 valence electrons. The molecule has 2 atom stereocenters. The van der Waals surface area contributed by atoms with Crippen molar-refractivity contribution in [3.63, 3.8) is 0 Å². The van der Waals surface area contributed by atoms with Crippen molar-refractivity contribution in [1.82, 2.24) is 4.90 Å². The van der Waals surface area contributed by atoms with Gasteiger partial charge in [0.15, 0.2) is 0 Å². The highest BCUT2D eigenvalue weighted by Gasteiger charge is 2.40. The smallest absolute Gasteiger partial charge is 0.294 e. The molecular formula is C9H14F3N. The maximum absolute atomic E-state index is 12.0. The van der Waals surface area contributed by atoms with Crippen LogP contribution in [0.4, 0.5) is 13.2 Å². The Morgan fingerprint density at radius 3 is 2.08 bits per heavy atom. The van der Waals surface area contributed by atoms with E-state index < -0.39 is 12.7 Å². The summed E-state index contributed by atoms with van der Waals surface area (Å²) in [6.45, 7) is 0.633. The van der Waals surface area contributed by atoms with Crippen LogP contribution in [-0.2, 0) is 0 Å². The predicted molar refractivity (Wildman–Crippen MR) is 43.3 cm³/mol. The zero-order chi connectivity index (χ0) is 9.47. The summed E-state index contributed by atoms with van der Waals surface area (Å²) in [5.74, 6) is 1.12. The van der Waals surface area contributed by atoms with Gasteiger partial charge in [0.05, 0.1) is 6.54 Å². The molecule has 0 spiro atoms. The van der Waals surface area contributed by atoms with Crippen molar-refractivity contribution in [3.05, 3.63) is 0 Å². The fraction of sp³-hybridized carbons (Fsp3) is 1.00. The number of hydrogen-bond donors (Lipinski definition) is 0. The summed E-state index contributed by atoms with van der Waals surface area (Å²) in [4.78, 5) is 1.56. The third-order valence-corrected chi connectivity index (χ3v) is 3.20. The zero-order valence-corrected chi connectivity index (χ0v) is 7.48. The molecule has 2 rings (SSSR count). The first kappa shape index (κ1) is 9.31. The summed E-state index contributed by atoms with van der Waals surface area (Å²) in [5, 5.41) is 0. The highest BCUT2D eigenvalue weighted by Crippen LogP contribution is 2.38. The van der Waals surface area contributed by atoms with Crippen LogP contribution in [0.5, 0.6) is 0 Å². The maximum Gasteiger partial charge on any atom is 0.401 e. The monoisotopic (exact) mass is 193 g/mol. The summed E-state index contributed by atoms with van der Waals surface area (Å²) in [5.41, 5.74) is 0. The van der Waals surface area contributed by atoms with Crippen LogP contribution in [0.2, 0.25) is 0 Å².